The highest BCUT2D eigenvalue weighted by Crippen LogP contribution is 2.66. The summed E-state index contributed by atoms with van der Waals surface area (Å²) in [5.41, 5.74) is 0.441. The van der Waals surface area contributed by atoms with Crippen LogP contribution >= 0.6 is 31.9 Å². The number of fused-ring (bicyclic) bond motifs is 5. The molecule has 4 saturated carbocycles. The van der Waals surface area contributed by atoms with Crippen LogP contribution in [-0.2, 0) is 9.59 Å². The van der Waals surface area contributed by atoms with Gasteiger partial charge in [-0.25, -0.2) is 0 Å². The van der Waals surface area contributed by atoms with Crippen LogP contribution in [0.5, 0.6) is 0 Å². The van der Waals surface area contributed by atoms with Gasteiger partial charge in [-0.05, 0) is 60.7 Å². The van der Waals surface area contributed by atoms with Gasteiger partial charge in [0, 0.05) is 12.3 Å². The molecule has 4 rings (SSSR count). The van der Waals surface area contributed by atoms with Crippen molar-refractivity contribution in [1.82, 2.24) is 0 Å². The topological polar surface area (TPSA) is 34.1 Å². The van der Waals surface area contributed by atoms with Gasteiger partial charge in [0.1, 0.15) is 5.78 Å². The zero-order valence-corrected chi connectivity index (χ0v) is 17.2. The van der Waals surface area contributed by atoms with Gasteiger partial charge in [-0.1, -0.05) is 52.1 Å². The second kappa shape index (κ2) is 5.40. The van der Waals surface area contributed by atoms with Gasteiger partial charge in [0.05, 0.1) is 9.65 Å². The summed E-state index contributed by atoms with van der Waals surface area (Å²) in [6.07, 6.45) is 8.08. The van der Waals surface area contributed by atoms with Crippen molar-refractivity contribution in [2.45, 2.75) is 68.4 Å². The van der Waals surface area contributed by atoms with Crippen molar-refractivity contribution in [3.8, 4) is 0 Å². The zero-order valence-electron chi connectivity index (χ0n) is 14.0. The van der Waals surface area contributed by atoms with Crippen molar-refractivity contribution in [1.29, 1.82) is 0 Å². The van der Waals surface area contributed by atoms with Gasteiger partial charge in [-0.2, -0.15) is 0 Å². The van der Waals surface area contributed by atoms with Gasteiger partial charge in [0.25, 0.3) is 0 Å². The van der Waals surface area contributed by atoms with Crippen LogP contribution in [0.3, 0.4) is 0 Å². The molecule has 0 aromatic heterocycles. The number of hydrogen-bond acceptors (Lipinski definition) is 2. The molecule has 0 aliphatic heterocycles. The number of hydrogen-bond donors (Lipinski definition) is 0. The van der Waals surface area contributed by atoms with Gasteiger partial charge in [-0.3, -0.25) is 9.59 Å². The fraction of sp³-hybridized carbons (Fsp3) is 0.895. The van der Waals surface area contributed by atoms with Crippen molar-refractivity contribution in [3.63, 3.8) is 0 Å². The molecule has 4 aliphatic rings. The number of alkyl halides is 2. The predicted octanol–water partition coefficient (Wildman–Crippen LogP) is 4.91. The Morgan fingerprint density at radius 3 is 2.52 bits per heavy atom. The number of Topliss-reactive ketones (excluding diaryl/α,β-unsaturated/α-hetero) is 2. The third-order valence-electron chi connectivity index (χ3n) is 8.05. The average molecular weight is 446 g/mol. The molecular weight excluding hydrogens is 420 g/mol. The number of rotatable bonds is 0. The second-order valence-corrected chi connectivity index (χ2v) is 11.2. The van der Waals surface area contributed by atoms with Gasteiger partial charge in [-0.15, -0.1) is 0 Å². The molecule has 2 nitrogen and oxygen atoms in total. The highest BCUT2D eigenvalue weighted by molar-refractivity contribution is 9.10. The molecule has 4 fully saturated rings. The fourth-order valence-electron chi connectivity index (χ4n) is 6.94. The van der Waals surface area contributed by atoms with E-state index in [1.54, 1.807) is 0 Å². The van der Waals surface area contributed by atoms with Crippen molar-refractivity contribution in [2.75, 3.05) is 0 Å². The summed E-state index contributed by atoms with van der Waals surface area (Å²) in [6, 6.07) is 0. The van der Waals surface area contributed by atoms with Crippen molar-refractivity contribution in [3.05, 3.63) is 0 Å². The minimum atomic E-state index is -0.295. The third kappa shape index (κ3) is 2.22. The Labute approximate surface area is 155 Å². The zero-order chi connectivity index (χ0) is 16.6. The number of halogens is 2. The second-order valence-electron chi connectivity index (χ2n) is 9.09. The van der Waals surface area contributed by atoms with E-state index in [0.717, 1.165) is 12.3 Å². The summed E-state index contributed by atoms with van der Waals surface area (Å²) >= 11 is 7.20. The SMILES string of the molecule is CC12CCCC1C1CC(=O)C3[C@H](Br)C(=O)[C@H](Br)CC3(C)C1CC2. The van der Waals surface area contributed by atoms with Gasteiger partial charge < -0.3 is 0 Å². The Bertz CT molecular complexity index is 562. The van der Waals surface area contributed by atoms with E-state index in [4.69, 9.17) is 0 Å². The van der Waals surface area contributed by atoms with Crippen LogP contribution in [0.15, 0.2) is 0 Å². The minimum Gasteiger partial charge on any atom is -0.299 e. The highest BCUT2D eigenvalue weighted by Gasteiger charge is 2.63. The Hall–Kier alpha value is 0.300. The number of carbonyl (C=O) groups excluding carboxylic acids is 2. The van der Waals surface area contributed by atoms with Crippen LogP contribution in [-0.4, -0.2) is 21.2 Å². The van der Waals surface area contributed by atoms with Crippen LogP contribution < -0.4 is 0 Å². The smallest absolute Gasteiger partial charge is 0.160 e. The maximum atomic E-state index is 13.0. The molecule has 0 saturated heterocycles. The molecule has 0 N–H and O–H groups in total. The fourth-order valence-corrected chi connectivity index (χ4v) is 9.50. The average Bonchev–Trinajstić information content (AvgIpc) is 2.86. The lowest BCUT2D eigenvalue weighted by molar-refractivity contribution is -0.155. The van der Waals surface area contributed by atoms with E-state index >= 15 is 0 Å². The van der Waals surface area contributed by atoms with E-state index in [0.29, 0.717) is 29.5 Å². The van der Waals surface area contributed by atoms with E-state index in [1.807, 2.05) is 0 Å². The van der Waals surface area contributed by atoms with Crippen molar-refractivity contribution in [2.24, 2.45) is 34.5 Å². The van der Waals surface area contributed by atoms with Gasteiger partial charge in [0.15, 0.2) is 5.78 Å². The summed E-state index contributed by atoms with van der Waals surface area (Å²) in [4.78, 5) is 25.1. The first-order valence-corrected chi connectivity index (χ1v) is 11.0. The van der Waals surface area contributed by atoms with Crippen LogP contribution in [0.25, 0.3) is 0 Å². The minimum absolute atomic E-state index is 0.0276. The first-order valence-electron chi connectivity index (χ1n) is 9.12. The Kier molecular flexibility index (Phi) is 3.93. The lowest BCUT2D eigenvalue weighted by Gasteiger charge is -2.60. The normalized spacial score (nSPS) is 56.0. The molecular formula is C19H26Br2O2. The first kappa shape index (κ1) is 16.8. The van der Waals surface area contributed by atoms with E-state index in [-0.39, 0.29) is 26.8 Å². The van der Waals surface area contributed by atoms with E-state index in [1.165, 1.54) is 32.1 Å². The number of carbonyl (C=O) groups is 2. The lowest BCUT2D eigenvalue weighted by Crippen LogP contribution is -2.61. The molecule has 0 aromatic carbocycles. The molecule has 0 spiro atoms. The van der Waals surface area contributed by atoms with Crippen LogP contribution in [0, 0.1) is 34.5 Å². The maximum Gasteiger partial charge on any atom is 0.160 e. The molecule has 4 heteroatoms. The molecule has 0 amide bonds. The molecule has 4 aliphatic carbocycles. The van der Waals surface area contributed by atoms with Gasteiger partial charge >= 0.3 is 0 Å². The molecule has 0 aromatic rings. The quantitative estimate of drug-likeness (QED) is 0.496. The molecule has 0 bridgehead atoms. The monoisotopic (exact) mass is 444 g/mol. The standard InChI is InChI=1S/C19H26Br2O2/c1-18-6-3-4-11(18)10-8-14(22)15-16(21)17(23)13(20)9-19(15,2)12(10)5-7-18/h10-13,15-16H,3-9H2,1-2H3/t10?,11?,12?,13-,15?,16+,18?,19?/m1/s1. The van der Waals surface area contributed by atoms with E-state index < -0.39 is 0 Å². The highest BCUT2D eigenvalue weighted by atomic mass is 79.9. The lowest BCUT2D eigenvalue weighted by atomic mass is 9.45. The van der Waals surface area contributed by atoms with Crippen LogP contribution in [0.2, 0.25) is 0 Å². The maximum absolute atomic E-state index is 13.0. The largest absolute Gasteiger partial charge is 0.299 e. The summed E-state index contributed by atoms with van der Waals surface area (Å²) in [5.74, 6) is 2.28. The van der Waals surface area contributed by atoms with Crippen molar-refractivity contribution < 1.29 is 9.59 Å². The summed E-state index contributed by atoms with van der Waals surface area (Å²) in [7, 11) is 0. The summed E-state index contributed by atoms with van der Waals surface area (Å²) < 4.78 is 0. The van der Waals surface area contributed by atoms with E-state index in [9.17, 15) is 9.59 Å². The summed E-state index contributed by atoms with van der Waals surface area (Å²) in [6.45, 7) is 4.77. The van der Waals surface area contributed by atoms with Gasteiger partial charge in [0.2, 0.25) is 0 Å². The third-order valence-corrected chi connectivity index (χ3v) is 9.81. The predicted molar refractivity (Wildman–Crippen MR) is 97.9 cm³/mol. The van der Waals surface area contributed by atoms with Crippen molar-refractivity contribution >= 4 is 43.4 Å². The molecule has 23 heavy (non-hydrogen) atoms. The van der Waals surface area contributed by atoms with E-state index in [2.05, 4.69) is 45.7 Å². The Morgan fingerprint density at radius 2 is 1.78 bits per heavy atom. The number of ketones is 2. The Morgan fingerprint density at radius 1 is 1.04 bits per heavy atom. The molecule has 0 heterocycles. The molecule has 8 atom stereocenters. The van der Waals surface area contributed by atoms with Crippen LogP contribution in [0.4, 0.5) is 0 Å². The molecule has 0 radical (unpaired) electrons. The van der Waals surface area contributed by atoms with Crippen LogP contribution in [0.1, 0.15) is 58.8 Å². The Balaban J connectivity index is 1.73. The summed E-state index contributed by atoms with van der Waals surface area (Å²) in [5, 5.41) is 0. The first-order chi connectivity index (χ1) is 10.8. The molecule has 6 unspecified atom stereocenters. The molecule has 128 valence electrons.